The van der Waals surface area contributed by atoms with Gasteiger partial charge in [0.05, 0.1) is 19.2 Å². The van der Waals surface area contributed by atoms with Crippen LogP contribution in [-0.2, 0) is 11.2 Å². The second-order valence-corrected chi connectivity index (χ2v) is 5.22. The van der Waals surface area contributed by atoms with Crippen LogP contribution in [0.4, 0.5) is 8.78 Å². The average Bonchev–Trinajstić information content (AvgIpc) is 3.00. The number of nitrogens with zero attached hydrogens (tertiary/aromatic N) is 1. The standard InChI is InChI=1S/C18H13F2NO4/c1-24-12-5-2-10(3-6-12)18-21-15(9-16(22)23)17(25-18)11-4-7-13(19)14(20)8-11/h2-8H,9H2,1H3,(H,22,23). The lowest BCUT2D eigenvalue weighted by molar-refractivity contribution is -0.136. The predicted molar refractivity (Wildman–Crippen MR) is 85.2 cm³/mol. The first-order chi connectivity index (χ1) is 12.0. The van der Waals surface area contributed by atoms with Crippen LogP contribution < -0.4 is 4.74 Å². The van der Waals surface area contributed by atoms with Gasteiger partial charge in [-0.05, 0) is 42.5 Å². The second kappa shape index (κ2) is 6.72. The molecule has 25 heavy (non-hydrogen) atoms. The topological polar surface area (TPSA) is 72.6 Å². The SMILES string of the molecule is COc1ccc(-c2nc(CC(=O)O)c(-c3ccc(F)c(F)c3)o2)cc1. The number of carboxylic acid groups (broad SMARTS) is 1. The van der Waals surface area contributed by atoms with Gasteiger partial charge in [0.1, 0.15) is 5.75 Å². The van der Waals surface area contributed by atoms with Gasteiger partial charge in [0.2, 0.25) is 5.89 Å². The molecule has 0 atom stereocenters. The normalized spacial score (nSPS) is 10.7. The molecule has 0 radical (unpaired) electrons. The molecule has 0 aliphatic heterocycles. The van der Waals surface area contributed by atoms with Crippen molar-refractivity contribution >= 4 is 5.97 Å². The molecular weight excluding hydrogens is 332 g/mol. The number of ether oxygens (including phenoxy) is 1. The van der Waals surface area contributed by atoms with E-state index in [0.29, 0.717) is 11.3 Å². The van der Waals surface area contributed by atoms with Crippen LogP contribution in [0, 0.1) is 11.6 Å². The van der Waals surface area contributed by atoms with Crippen molar-refractivity contribution in [3.63, 3.8) is 0 Å². The number of methoxy groups -OCH3 is 1. The summed E-state index contributed by atoms with van der Waals surface area (Å²) in [5, 5.41) is 9.05. The summed E-state index contributed by atoms with van der Waals surface area (Å²) >= 11 is 0. The van der Waals surface area contributed by atoms with Crippen LogP contribution in [-0.4, -0.2) is 23.2 Å². The molecule has 3 rings (SSSR count). The molecule has 0 aliphatic rings. The Morgan fingerprint density at radius 2 is 1.80 bits per heavy atom. The van der Waals surface area contributed by atoms with Crippen molar-refractivity contribution in [1.82, 2.24) is 4.98 Å². The minimum absolute atomic E-state index is 0.0899. The fourth-order valence-electron chi connectivity index (χ4n) is 2.33. The number of carbonyl (C=O) groups is 1. The fraction of sp³-hybridized carbons (Fsp3) is 0.111. The zero-order valence-electron chi connectivity index (χ0n) is 13.1. The number of hydrogen-bond acceptors (Lipinski definition) is 4. The highest BCUT2D eigenvalue weighted by atomic mass is 19.2. The van der Waals surface area contributed by atoms with Gasteiger partial charge in [0.15, 0.2) is 17.4 Å². The maximum absolute atomic E-state index is 13.5. The van der Waals surface area contributed by atoms with Crippen LogP contribution in [0.3, 0.4) is 0 Å². The van der Waals surface area contributed by atoms with Gasteiger partial charge >= 0.3 is 5.97 Å². The highest BCUT2D eigenvalue weighted by Crippen LogP contribution is 2.31. The van der Waals surface area contributed by atoms with E-state index >= 15 is 0 Å². The third-order valence-corrected chi connectivity index (χ3v) is 3.53. The molecule has 0 bridgehead atoms. The van der Waals surface area contributed by atoms with Gasteiger partial charge in [0, 0.05) is 11.1 Å². The highest BCUT2D eigenvalue weighted by molar-refractivity contribution is 5.74. The van der Waals surface area contributed by atoms with Crippen molar-refractivity contribution in [2.75, 3.05) is 7.11 Å². The third kappa shape index (κ3) is 3.50. The number of aromatic nitrogens is 1. The quantitative estimate of drug-likeness (QED) is 0.759. The molecule has 0 fully saturated rings. The molecule has 0 saturated heterocycles. The van der Waals surface area contributed by atoms with Crippen LogP contribution in [0.25, 0.3) is 22.8 Å². The van der Waals surface area contributed by atoms with Crippen molar-refractivity contribution < 1.29 is 27.8 Å². The Bertz CT molecular complexity index is 919. The van der Waals surface area contributed by atoms with E-state index < -0.39 is 24.0 Å². The smallest absolute Gasteiger partial charge is 0.309 e. The van der Waals surface area contributed by atoms with Gasteiger partial charge in [-0.25, -0.2) is 13.8 Å². The molecule has 128 valence electrons. The molecule has 0 unspecified atom stereocenters. The molecule has 1 aromatic heterocycles. The summed E-state index contributed by atoms with van der Waals surface area (Å²) in [7, 11) is 1.53. The van der Waals surface area contributed by atoms with Crippen molar-refractivity contribution in [3.05, 3.63) is 59.8 Å². The molecule has 1 N–H and O–H groups in total. The number of halogens is 2. The summed E-state index contributed by atoms with van der Waals surface area (Å²) in [5.74, 6) is -2.26. The number of hydrogen-bond donors (Lipinski definition) is 1. The summed E-state index contributed by atoms with van der Waals surface area (Å²) in [5.41, 5.74) is 0.938. The predicted octanol–water partition coefficient (Wildman–Crippen LogP) is 3.92. The lowest BCUT2D eigenvalue weighted by Crippen LogP contribution is -2.02. The van der Waals surface area contributed by atoms with Crippen molar-refractivity contribution in [1.29, 1.82) is 0 Å². The molecule has 0 saturated carbocycles. The summed E-state index contributed by atoms with van der Waals surface area (Å²) in [6.45, 7) is 0. The van der Waals surface area contributed by atoms with E-state index in [9.17, 15) is 13.6 Å². The molecule has 5 nitrogen and oxygen atoms in total. The van der Waals surface area contributed by atoms with E-state index in [0.717, 1.165) is 12.1 Å². The number of benzene rings is 2. The van der Waals surface area contributed by atoms with Gasteiger partial charge in [-0.1, -0.05) is 0 Å². The lowest BCUT2D eigenvalue weighted by atomic mass is 10.1. The van der Waals surface area contributed by atoms with Crippen LogP contribution in [0.15, 0.2) is 46.9 Å². The van der Waals surface area contributed by atoms with Crippen molar-refractivity contribution in [2.24, 2.45) is 0 Å². The molecule has 1 heterocycles. The first-order valence-electron chi connectivity index (χ1n) is 7.29. The van der Waals surface area contributed by atoms with Gasteiger partial charge in [-0.15, -0.1) is 0 Å². The van der Waals surface area contributed by atoms with Crippen LogP contribution in [0.5, 0.6) is 5.75 Å². The van der Waals surface area contributed by atoms with Gasteiger partial charge < -0.3 is 14.3 Å². The van der Waals surface area contributed by atoms with Crippen LogP contribution in [0.2, 0.25) is 0 Å². The number of rotatable bonds is 5. The number of oxazole rings is 1. The molecule has 3 aromatic rings. The third-order valence-electron chi connectivity index (χ3n) is 3.53. The van der Waals surface area contributed by atoms with Crippen LogP contribution in [0.1, 0.15) is 5.69 Å². The Morgan fingerprint density at radius 1 is 1.12 bits per heavy atom. The van der Waals surface area contributed by atoms with E-state index in [1.165, 1.54) is 13.2 Å². The largest absolute Gasteiger partial charge is 0.497 e. The maximum Gasteiger partial charge on any atom is 0.309 e. The molecule has 0 amide bonds. The second-order valence-electron chi connectivity index (χ2n) is 5.22. The first kappa shape index (κ1) is 16.6. The van der Waals surface area contributed by atoms with Gasteiger partial charge in [-0.2, -0.15) is 0 Å². The van der Waals surface area contributed by atoms with Crippen molar-refractivity contribution in [3.8, 4) is 28.5 Å². The zero-order chi connectivity index (χ0) is 18.0. The molecule has 0 spiro atoms. The van der Waals surface area contributed by atoms with Crippen LogP contribution >= 0.6 is 0 Å². The molecular formula is C18H13F2NO4. The minimum Gasteiger partial charge on any atom is -0.497 e. The van der Waals surface area contributed by atoms with E-state index in [2.05, 4.69) is 4.98 Å². The Hall–Kier alpha value is -3.22. The maximum atomic E-state index is 13.5. The Kier molecular flexibility index (Phi) is 4.47. The number of aliphatic carboxylic acids is 1. The first-order valence-corrected chi connectivity index (χ1v) is 7.29. The van der Waals surface area contributed by atoms with Gasteiger partial charge in [-0.3, -0.25) is 4.79 Å². The summed E-state index contributed by atoms with van der Waals surface area (Å²) in [6, 6.07) is 10.0. The highest BCUT2D eigenvalue weighted by Gasteiger charge is 2.20. The summed E-state index contributed by atoms with van der Waals surface area (Å²) in [6.07, 6.45) is -0.409. The fourth-order valence-corrected chi connectivity index (χ4v) is 2.33. The summed E-state index contributed by atoms with van der Waals surface area (Å²) < 4.78 is 37.4. The Labute approximate surface area is 141 Å². The molecule has 0 aliphatic carbocycles. The van der Waals surface area contributed by atoms with Gasteiger partial charge in [0.25, 0.3) is 0 Å². The lowest BCUT2D eigenvalue weighted by Gasteiger charge is -2.01. The van der Waals surface area contributed by atoms with Crippen molar-refractivity contribution in [2.45, 2.75) is 6.42 Å². The summed E-state index contributed by atoms with van der Waals surface area (Å²) in [4.78, 5) is 15.3. The van der Waals surface area contributed by atoms with E-state index in [1.54, 1.807) is 24.3 Å². The Balaban J connectivity index is 2.07. The monoisotopic (exact) mass is 345 g/mol. The van der Waals surface area contributed by atoms with E-state index in [-0.39, 0.29) is 22.9 Å². The van der Waals surface area contributed by atoms with E-state index in [1.807, 2.05) is 0 Å². The molecule has 7 heteroatoms. The minimum atomic E-state index is -1.11. The average molecular weight is 345 g/mol. The Morgan fingerprint density at radius 3 is 2.40 bits per heavy atom. The number of carboxylic acids is 1. The van der Waals surface area contributed by atoms with E-state index in [4.69, 9.17) is 14.3 Å². The molecule has 2 aromatic carbocycles. The zero-order valence-corrected chi connectivity index (χ0v) is 13.1.